The minimum Gasteiger partial charge on any atom is -0.385 e. The van der Waals surface area contributed by atoms with Crippen LogP contribution in [0.25, 0.3) is 0 Å². The van der Waals surface area contributed by atoms with Crippen LogP contribution in [0.2, 0.25) is 0 Å². The Bertz CT molecular complexity index is 456. The third-order valence-corrected chi connectivity index (χ3v) is 3.73. The number of rotatable bonds is 2. The number of hydrogen-bond acceptors (Lipinski definition) is 2. The number of benzene rings is 1. The van der Waals surface area contributed by atoms with E-state index >= 15 is 0 Å². The number of hydrogen-bond donors (Lipinski definition) is 2. The summed E-state index contributed by atoms with van der Waals surface area (Å²) in [6, 6.07) is 6.19. The maximum absolute atomic E-state index is 10.2. The molecule has 0 saturated carbocycles. The summed E-state index contributed by atoms with van der Waals surface area (Å²) in [5, 5.41) is 13.6. The molecule has 1 aromatic rings. The molecule has 2 N–H and O–H groups in total. The van der Waals surface area contributed by atoms with Gasteiger partial charge in [-0.2, -0.15) is 0 Å². The lowest BCUT2D eigenvalue weighted by Crippen LogP contribution is -2.30. The fourth-order valence-electron chi connectivity index (χ4n) is 2.37. The van der Waals surface area contributed by atoms with Crippen molar-refractivity contribution in [3.63, 3.8) is 0 Å². The monoisotopic (exact) mass is 229 g/mol. The van der Waals surface area contributed by atoms with E-state index in [2.05, 4.69) is 23.4 Å². The van der Waals surface area contributed by atoms with Crippen molar-refractivity contribution < 1.29 is 5.11 Å². The van der Waals surface area contributed by atoms with Crippen LogP contribution >= 0.6 is 0 Å². The first-order valence-electron chi connectivity index (χ1n) is 6.12. The first-order chi connectivity index (χ1) is 8.06. The normalized spacial score (nSPS) is 19.4. The first kappa shape index (κ1) is 12.0. The van der Waals surface area contributed by atoms with Crippen LogP contribution in [0, 0.1) is 12.3 Å². The Morgan fingerprint density at radius 1 is 1.53 bits per heavy atom. The Morgan fingerprint density at radius 2 is 2.29 bits per heavy atom. The molecular formula is C15H19NO. The molecule has 0 saturated heterocycles. The molecular weight excluding hydrogens is 210 g/mol. The number of anilines is 1. The molecule has 17 heavy (non-hydrogen) atoms. The van der Waals surface area contributed by atoms with Crippen LogP contribution in [0.15, 0.2) is 18.2 Å². The highest BCUT2D eigenvalue weighted by Gasteiger charge is 2.29. The van der Waals surface area contributed by atoms with E-state index < -0.39 is 5.60 Å². The van der Waals surface area contributed by atoms with Crippen LogP contribution in [-0.2, 0) is 6.42 Å². The lowest BCUT2D eigenvalue weighted by molar-refractivity contribution is 0.0964. The summed E-state index contributed by atoms with van der Waals surface area (Å²) in [5.41, 5.74) is 2.57. The van der Waals surface area contributed by atoms with Crippen molar-refractivity contribution in [1.29, 1.82) is 0 Å². The molecule has 90 valence electrons. The van der Waals surface area contributed by atoms with Gasteiger partial charge in [0.1, 0.15) is 5.60 Å². The predicted molar refractivity (Wildman–Crippen MR) is 71.1 cm³/mol. The zero-order valence-electron chi connectivity index (χ0n) is 10.5. The van der Waals surface area contributed by atoms with Gasteiger partial charge in [-0.15, -0.1) is 6.42 Å². The van der Waals surface area contributed by atoms with Gasteiger partial charge < -0.3 is 10.4 Å². The van der Waals surface area contributed by atoms with Gasteiger partial charge in [0.05, 0.1) is 0 Å². The van der Waals surface area contributed by atoms with Crippen LogP contribution in [0.4, 0.5) is 5.69 Å². The Labute approximate surface area is 103 Å². The molecule has 0 amide bonds. The maximum atomic E-state index is 10.2. The van der Waals surface area contributed by atoms with Crippen molar-refractivity contribution in [2.45, 2.75) is 38.2 Å². The van der Waals surface area contributed by atoms with Gasteiger partial charge in [0.2, 0.25) is 0 Å². The van der Waals surface area contributed by atoms with Crippen LogP contribution in [-0.4, -0.2) is 17.3 Å². The van der Waals surface area contributed by atoms with Gasteiger partial charge in [0.15, 0.2) is 0 Å². The van der Waals surface area contributed by atoms with Crippen molar-refractivity contribution in [3.8, 4) is 12.3 Å². The van der Waals surface area contributed by atoms with E-state index in [9.17, 15) is 5.11 Å². The summed E-state index contributed by atoms with van der Waals surface area (Å²) in [6.45, 7) is 4.72. The average Bonchev–Trinajstić information content (AvgIpc) is 2.37. The fourth-order valence-corrected chi connectivity index (χ4v) is 2.37. The molecule has 0 bridgehead atoms. The zero-order valence-corrected chi connectivity index (χ0v) is 10.5. The summed E-state index contributed by atoms with van der Waals surface area (Å²) in [6.07, 6.45) is 7.60. The Balaban J connectivity index is 2.43. The van der Waals surface area contributed by atoms with Crippen LogP contribution in [0.3, 0.4) is 0 Å². The molecule has 2 unspecified atom stereocenters. The van der Waals surface area contributed by atoms with Crippen molar-refractivity contribution in [1.82, 2.24) is 0 Å². The second kappa shape index (κ2) is 4.43. The number of aliphatic hydroxyl groups is 1. The zero-order chi connectivity index (χ0) is 12.5. The highest BCUT2D eigenvalue weighted by Crippen LogP contribution is 2.35. The van der Waals surface area contributed by atoms with Gasteiger partial charge in [-0.1, -0.05) is 25.0 Å². The van der Waals surface area contributed by atoms with E-state index in [-0.39, 0.29) is 5.92 Å². The van der Waals surface area contributed by atoms with E-state index in [1.54, 1.807) is 6.92 Å². The third kappa shape index (κ3) is 2.16. The molecule has 2 atom stereocenters. The molecule has 2 nitrogen and oxygen atoms in total. The summed E-state index contributed by atoms with van der Waals surface area (Å²) >= 11 is 0. The first-order valence-corrected chi connectivity index (χ1v) is 6.12. The second-order valence-corrected chi connectivity index (χ2v) is 4.92. The largest absolute Gasteiger partial charge is 0.385 e. The molecule has 0 aromatic heterocycles. The van der Waals surface area contributed by atoms with E-state index in [4.69, 9.17) is 6.42 Å². The molecule has 2 heteroatoms. The van der Waals surface area contributed by atoms with Crippen LogP contribution in [0.1, 0.15) is 37.3 Å². The van der Waals surface area contributed by atoms with E-state index in [0.717, 1.165) is 24.9 Å². The van der Waals surface area contributed by atoms with Gasteiger partial charge in [0.25, 0.3) is 0 Å². The van der Waals surface area contributed by atoms with E-state index in [0.29, 0.717) is 0 Å². The highest BCUT2D eigenvalue weighted by atomic mass is 16.3. The van der Waals surface area contributed by atoms with Crippen molar-refractivity contribution in [2.24, 2.45) is 0 Å². The average molecular weight is 229 g/mol. The number of nitrogens with one attached hydrogen (secondary N) is 1. The number of fused-ring (bicyclic) bond motifs is 1. The molecule has 0 spiro atoms. The lowest BCUT2D eigenvalue weighted by atomic mass is 9.81. The van der Waals surface area contributed by atoms with Crippen molar-refractivity contribution in [3.05, 3.63) is 29.3 Å². The molecule has 1 aliphatic heterocycles. The molecule has 1 aromatic carbocycles. The van der Waals surface area contributed by atoms with Gasteiger partial charge in [0, 0.05) is 18.2 Å². The summed E-state index contributed by atoms with van der Waals surface area (Å²) in [4.78, 5) is 0. The summed E-state index contributed by atoms with van der Waals surface area (Å²) in [5.74, 6) is 2.43. The molecule has 2 rings (SSSR count). The fraction of sp³-hybridized carbons (Fsp3) is 0.467. The minimum atomic E-state index is -1.09. The van der Waals surface area contributed by atoms with Crippen LogP contribution < -0.4 is 5.32 Å². The third-order valence-electron chi connectivity index (χ3n) is 3.73. The van der Waals surface area contributed by atoms with E-state index in [1.165, 1.54) is 11.3 Å². The molecule has 0 fully saturated rings. The van der Waals surface area contributed by atoms with Crippen LogP contribution in [0.5, 0.6) is 0 Å². The molecule has 1 aliphatic rings. The lowest BCUT2D eigenvalue weighted by Gasteiger charge is -2.29. The topological polar surface area (TPSA) is 32.3 Å². The quantitative estimate of drug-likeness (QED) is 0.764. The van der Waals surface area contributed by atoms with Gasteiger partial charge in [-0.25, -0.2) is 0 Å². The molecule has 0 aliphatic carbocycles. The smallest absolute Gasteiger partial charge is 0.129 e. The summed E-state index contributed by atoms with van der Waals surface area (Å²) in [7, 11) is 0. The van der Waals surface area contributed by atoms with Gasteiger partial charge >= 0.3 is 0 Å². The van der Waals surface area contributed by atoms with E-state index in [1.807, 2.05) is 13.0 Å². The number of terminal acetylenes is 1. The molecule has 0 radical (unpaired) electrons. The van der Waals surface area contributed by atoms with Gasteiger partial charge in [-0.05, 0) is 37.0 Å². The van der Waals surface area contributed by atoms with Crippen molar-refractivity contribution in [2.75, 3.05) is 11.9 Å². The SMILES string of the molecule is C#CC(C)(O)C(C)c1cccc2c1CCCN2. The Kier molecular flexibility index (Phi) is 3.13. The molecule has 1 heterocycles. The maximum Gasteiger partial charge on any atom is 0.129 e. The predicted octanol–water partition coefficient (Wildman–Crippen LogP) is 2.53. The van der Waals surface area contributed by atoms with Gasteiger partial charge in [-0.3, -0.25) is 0 Å². The Morgan fingerprint density at radius 3 is 3.00 bits per heavy atom. The highest BCUT2D eigenvalue weighted by molar-refractivity contribution is 5.57. The standard InChI is InChI=1S/C15H19NO/c1-4-15(3,17)11(2)12-7-5-9-14-13(12)8-6-10-16-14/h1,5,7,9,11,16-17H,6,8,10H2,2-3H3. The second-order valence-electron chi connectivity index (χ2n) is 4.92. The summed E-state index contributed by atoms with van der Waals surface area (Å²) < 4.78 is 0. The van der Waals surface area contributed by atoms with Crippen molar-refractivity contribution >= 4 is 5.69 Å². The minimum absolute atomic E-state index is 0.0534. The Hall–Kier alpha value is -1.46.